The van der Waals surface area contributed by atoms with Crippen molar-refractivity contribution in [2.24, 2.45) is 4.99 Å². The van der Waals surface area contributed by atoms with Gasteiger partial charge in [-0.2, -0.15) is 5.26 Å². The van der Waals surface area contributed by atoms with Crippen molar-refractivity contribution < 1.29 is 0 Å². The Morgan fingerprint density at radius 2 is 0.857 bits per heavy atom. The summed E-state index contributed by atoms with van der Waals surface area (Å²) in [6.45, 7) is 13.7. The van der Waals surface area contributed by atoms with Crippen LogP contribution in [0.4, 0.5) is 17.1 Å². The zero-order valence-corrected chi connectivity index (χ0v) is 51.6. The van der Waals surface area contributed by atoms with Gasteiger partial charge in [-0.05, 0) is 162 Å². The Kier molecular flexibility index (Phi) is 12.1. The zero-order chi connectivity index (χ0) is 61.4. The maximum absolute atomic E-state index is 13.0. The molecule has 0 radical (unpaired) electrons. The van der Waals surface area contributed by atoms with Crippen LogP contribution < -0.4 is 4.90 Å². The van der Waals surface area contributed by atoms with Crippen LogP contribution in [0.1, 0.15) is 75.3 Å². The highest BCUT2D eigenvalue weighted by atomic mass is 15.3. The Bertz CT molecular complexity index is 5460. The maximum Gasteiger partial charge on any atom is 0.220 e. The molecule has 0 amide bonds. The lowest BCUT2D eigenvalue weighted by molar-refractivity contribution is 0.590. The van der Waals surface area contributed by atoms with Crippen LogP contribution >= 0.6 is 0 Å². The normalized spacial score (nSPS) is 13.7. The molecular weight excluding hydrogens is 1110 g/mol. The van der Waals surface area contributed by atoms with Crippen molar-refractivity contribution in [1.29, 1.82) is 5.26 Å². The minimum absolute atomic E-state index is 0.123. The zero-order valence-electron chi connectivity index (χ0n) is 51.6. The van der Waals surface area contributed by atoms with Gasteiger partial charge >= 0.3 is 0 Å². The molecule has 434 valence electrons. The third-order valence-corrected chi connectivity index (χ3v) is 19.0. The number of hydrogen-bond acceptors (Lipinski definition) is 4. The van der Waals surface area contributed by atoms with E-state index in [-0.39, 0.29) is 16.7 Å². The number of nitrogens with zero attached hydrogens (tertiary/aromatic N) is 7. The number of nitriles is 1. The smallest absolute Gasteiger partial charge is 0.220 e. The van der Waals surface area contributed by atoms with E-state index >= 15 is 0 Å². The van der Waals surface area contributed by atoms with Crippen LogP contribution in [0.25, 0.3) is 117 Å². The van der Waals surface area contributed by atoms with E-state index in [1.165, 1.54) is 11.1 Å². The number of hydrogen-bond donors (Lipinski definition) is 0. The van der Waals surface area contributed by atoms with E-state index in [1.807, 2.05) is 0 Å². The first kappa shape index (κ1) is 53.9. The van der Waals surface area contributed by atoms with E-state index in [1.54, 1.807) is 0 Å². The second kappa shape index (κ2) is 20.4. The van der Waals surface area contributed by atoms with Crippen molar-refractivity contribution in [2.45, 2.75) is 58.3 Å². The van der Waals surface area contributed by atoms with Crippen LogP contribution in [0.15, 0.2) is 272 Å². The molecule has 0 N–H and O–H groups in total. The predicted molar refractivity (Wildman–Crippen MR) is 377 cm³/mol. The fourth-order valence-electron chi connectivity index (χ4n) is 14.4. The first-order valence-electron chi connectivity index (χ1n) is 31.5. The molecule has 2 aliphatic rings. The molecule has 0 aliphatic carbocycles. The van der Waals surface area contributed by atoms with E-state index in [0.717, 1.165) is 145 Å². The van der Waals surface area contributed by atoms with Crippen molar-refractivity contribution in [2.75, 3.05) is 4.90 Å². The molecular formula is C84H63N7. The van der Waals surface area contributed by atoms with Crippen LogP contribution in [0, 0.1) is 11.3 Å². The molecule has 17 rings (SSSR count). The van der Waals surface area contributed by atoms with Crippen LogP contribution in [0.5, 0.6) is 0 Å². The fraction of sp³-hybridized carbons (Fsp3) is 0.107. The van der Waals surface area contributed by atoms with E-state index in [4.69, 9.17) is 9.98 Å². The topological polar surface area (TPSA) is 66.6 Å². The van der Waals surface area contributed by atoms with E-state index in [9.17, 15) is 5.26 Å². The summed E-state index contributed by atoms with van der Waals surface area (Å²) in [6, 6.07) is 99.4. The Labute approximate surface area is 529 Å². The quantitative estimate of drug-likeness (QED) is 0.152. The molecule has 1 unspecified atom stereocenters. The summed E-state index contributed by atoms with van der Waals surface area (Å²) in [7, 11) is 0. The van der Waals surface area contributed by atoms with Gasteiger partial charge in [0.1, 0.15) is 17.5 Å². The average molecular weight is 1170 g/mol. The summed E-state index contributed by atoms with van der Waals surface area (Å²) in [5.41, 5.74) is 25.7. The molecule has 5 heterocycles. The molecule has 15 aromatic rings. The highest BCUT2D eigenvalue weighted by molar-refractivity contribution is 6.22. The minimum atomic E-state index is -0.275. The Hall–Kier alpha value is -11.3. The Morgan fingerprint density at radius 1 is 0.385 bits per heavy atom. The summed E-state index contributed by atoms with van der Waals surface area (Å²) in [5.74, 6) is 1.26. The SMILES string of the molecule is CC(C)(C)c1ccc2c(c1)c1cc(C(C)(C)C)ccc1n2-c1cc(-c2ccccc2)c(-n2c3ccc(-c4ccccc4)cc3n3c4cc(-c5ccccc5)ccc4nc23)c(C#N)c1N1C2=Nc3ccc(-c4ccccc4)cc3C2c2cc(-c3ccccc3)ccc21. The molecule has 3 aromatic heterocycles. The molecule has 0 fully saturated rings. The molecule has 0 saturated carbocycles. The number of rotatable bonds is 8. The standard InChI is InChI=1S/C84H63N7/c1-83(2,3)61-36-42-71-64(48-61)65-49-62(84(4,5)6)37-43-72(65)88(71)77-50-63(56-30-20-11-21-31-56)79(91-74-41-35-60(55-28-18-10-19-29-55)47-76(74)89-75-46-59(54-26-16-9-17-27-54)33-39-70(75)87-82(89)91)68(51-85)80(77)90-73-40-34-58(53-24-14-8-15-25-53)45-67(73)78-66-44-57(52-22-12-7-13-23-52)32-38-69(66)86-81(78)90/h7-50,78H,1-6H3. The first-order valence-corrected chi connectivity index (χ1v) is 31.5. The summed E-state index contributed by atoms with van der Waals surface area (Å²) in [4.78, 5) is 13.8. The first-order chi connectivity index (χ1) is 44.4. The lowest BCUT2D eigenvalue weighted by Gasteiger charge is -2.29. The second-order valence-corrected chi connectivity index (χ2v) is 26.5. The van der Waals surface area contributed by atoms with Crippen LogP contribution in [0.3, 0.4) is 0 Å². The highest BCUT2D eigenvalue weighted by Gasteiger charge is 2.45. The van der Waals surface area contributed by atoms with Gasteiger partial charge in [0.2, 0.25) is 5.78 Å². The van der Waals surface area contributed by atoms with Gasteiger partial charge < -0.3 is 4.57 Å². The number of amidine groups is 1. The van der Waals surface area contributed by atoms with Gasteiger partial charge in [-0.3, -0.25) is 13.9 Å². The summed E-state index contributed by atoms with van der Waals surface area (Å²) >= 11 is 0. The van der Waals surface area contributed by atoms with Gasteiger partial charge in [0.25, 0.3) is 0 Å². The second-order valence-electron chi connectivity index (χ2n) is 26.5. The number of aliphatic imine (C=N–C) groups is 1. The van der Waals surface area contributed by atoms with Gasteiger partial charge in [0.15, 0.2) is 0 Å². The number of anilines is 2. The maximum atomic E-state index is 13.0. The van der Waals surface area contributed by atoms with Crippen molar-refractivity contribution in [1.82, 2.24) is 18.5 Å². The van der Waals surface area contributed by atoms with Gasteiger partial charge in [-0.25, -0.2) is 9.98 Å². The largest absolute Gasteiger partial charge is 0.307 e. The highest BCUT2D eigenvalue weighted by Crippen LogP contribution is 2.57. The van der Waals surface area contributed by atoms with Gasteiger partial charge in [0, 0.05) is 16.3 Å². The molecule has 1 atom stereocenters. The monoisotopic (exact) mass is 1170 g/mol. The summed E-state index contributed by atoms with van der Waals surface area (Å²) in [5, 5.41) is 15.3. The summed E-state index contributed by atoms with van der Waals surface area (Å²) < 4.78 is 7.04. The number of benzene rings is 12. The lowest BCUT2D eigenvalue weighted by atomic mass is 9.85. The lowest BCUT2D eigenvalue weighted by Crippen LogP contribution is -2.26. The van der Waals surface area contributed by atoms with Gasteiger partial charge in [0.05, 0.1) is 67.5 Å². The molecule has 0 saturated heterocycles. The van der Waals surface area contributed by atoms with E-state index < -0.39 is 0 Å². The number of fused-ring (bicyclic) bond motifs is 13. The predicted octanol–water partition coefficient (Wildman–Crippen LogP) is 21.7. The Morgan fingerprint density at radius 3 is 1.40 bits per heavy atom. The summed E-state index contributed by atoms with van der Waals surface area (Å²) in [6.07, 6.45) is 0. The molecule has 2 aliphatic heterocycles. The fourth-order valence-corrected chi connectivity index (χ4v) is 14.4. The van der Waals surface area contributed by atoms with Gasteiger partial charge in [-0.15, -0.1) is 0 Å². The van der Waals surface area contributed by atoms with E-state index in [0.29, 0.717) is 11.3 Å². The van der Waals surface area contributed by atoms with E-state index in [2.05, 4.69) is 333 Å². The molecule has 12 aromatic carbocycles. The third-order valence-electron chi connectivity index (χ3n) is 19.0. The molecule has 91 heavy (non-hydrogen) atoms. The minimum Gasteiger partial charge on any atom is -0.307 e. The molecule has 7 heteroatoms. The third kappa shape index (κ3) is 8.54. The number of imidazole rings is 2. The van der Waals surface area contributed by atoms with Crippen molar-refractivity contribution in [3.05, 3.63) is 295 Å². The van der Waals surface area contributed by atoms with Crippen LogP contribution in [-0.2, 0) is 10.8 Å². The Balaban J connectivity index is 1.04. The van der Waals surface area contributed by atoms with Crippen molar-refractivity contribution >= 4 is 72.5 Å². The van der Waals surface area contributed by atoms with Gasteiger partial charge in [-0.1, -0.05) is 230 Å². The molecule has 0 bridgehead atoms. The average Bonchev–Trinajstić information content (AvgIpc) is 1.51. The van der Waals surface area contributed by atoms with Crippen LogP contribution in [-0.4, -0.2) is 24.4 Å². The number of aromatic nitrogens is 4. The molecule has 0 spiro atoms. The van der Waals surface area contributed by atoms with Crippen molar-refractivity contribution in [3.8, 4) is 73.1 Å². The molecule has 7 nitrogen and oxygen atoms in total. The van der Waals surface area contributed by atoms with Crippen molar-refractivity contribution in [3.63, 3.8) is 0 Å². The van der Waals surface area contributed by atoms with Crippen LogP contribution in [0.2, 0.25) is 0 Å².